The molecule has 40 heavy (non-hydrogen) atoms. The van der Waals surface area contributed by atoms with Crippen molar-refractivity contribution in [2.45, 2.75) is 43.9 Å². The minimum Gasteiger partial charge on any atom is -0.356 e. The van der Waals surface area contributed by atoms with Crippen molar-refractivity contribution in [2.75, 3.05) is 25.0 Å². The molecule has 2 heterocycles. The van der Waals surface area contributed by atoms with Gasteiger partial charge >= 0.3 is 24.4 Å². The number of ether oxygens (including phenoxy) is 1. The molecule has 2 fully saturated rings. The third-order valence-corrected chi connectivity index (χ3v) is 6.41. The Labute approximate surface area is 221 Å². The maximum absolute atomic E-state index is 13.9. The van der Waals surface area contributed by atoms with Gasteiger partial charge in [-0.05, 0) is 31.4 Å². The number of nitrogens with zero attached hydrogens (tertiary/aromatic N) is 1. The van der Waals surface area contributed by atoms with Crippen LogP contribution in [0.25, 0.3) is 0 Å². The Kier molecular flexibility index (Phi) is 9.37. The largest absolute Gasteiger partial charge is 0.522 e. The van der Waals surface area contributed by atoms with E-state index in [0.717, 1.165) is 12.1 Å². The van der Waals surface area contributed by atoms with Gasteiger partial charge in [0, 0.05) is 19.0 Å². The predicted octanol–water partition coefficient (Wildman–Crippen LogP) is 1.66. The maximum Gasteiger partial charge on any atom is 0.522 e. The van der Waals surface area contributed by atoms with Gasteiger partial charge in [-0.3, -0.25) is 28.7 Å². The summed E-state index contributed by atoms with van der Waals surface area (Å²) >= 11 is 0. The van der Waals surface area contributed by atoms with E-state index in [0.29, 0.717) is 4.90 Å². The molecule has 1 aromatic rings. The Morgan fingerprint density at radius 3 is 2.35 bits per heavy atom. The van der Waals surface area contributed by atoms with Crippen molar-refractivity contribution in [3.05, 3.63) is 30.1 Å². The van der Waals surface area contributed by atoms with Crippen LogP contribution in [0.2, 0.25) is 0 Å². The van der Waals surface area contributed by atoms with Gasteiger partial charge in [0.15, 0.2) is 5.78 Å². The van der Waals surface area contributed by atoms with Crippen LogP contribution in [-0.4, -0.2) is 78.6 Å². The minimum atomic E-state index is -5.21. The van der Waals surface area contributed by atoms with Crippen molar-refractivity contribution in [1.29, 1.82) is 0 Å². The maximum atomic E-state index is 13.9. The van der Waals surface area contributed by atoms with Crippen LogP contribution in [0.3, 0.4) is 0 Å². The Morgan fingerprint density at radius 1 is 1.10 bits per heavy atom. The number of para-hydroxylation sites is 1. The topological polar surface area (TPSA) is 134 Å². The quantitative estimate of drug-likeness (QED) is 0.315. The highest BCUT2D eigenvalue weighted by molar-refractivity contribution is 6.40. The molecule has 17 heteroatoms. The Hall–Kier alpha value is -3.76. The molecule has 0 aliphatic carbocycles. The molecule has 4 atom stereocenters. The molecule has 3 N–H and O–H groups in total. The molecule has 4 unspecified atom stereocenters. The first-order chi connectivity index (χ1) is 18.6. The summed E-state index contributed by atoms with van der Waals surface area (Å²) in [6.45, 7) is -2.51. The third kappa shape index (κ3) is 7.89. The Bertz CT molecular complexity index is 1160. The van der Waals surface area contributed by atoms with E-state index in [2.05, 4.69) is 10.1 Å². The van der Waals surface area contributed by atoms with Crippen LogP contribution in [-0.2, 0) is 28.7 Å². The highest BCUT2D eigenvalue weighted by Gasteiger charge is 2.52. The number of halogens is 7. The fourth-order valence-corrected chi connectivity index (χ4v) is 4.36. The first-order valence-electron chi connectivity index (χ1n) is 11.8. The normalized spacial score (nSPS) is 22.0. The summed E-state index contributed by atoms with van der Waals surface area (Å²) in [5.41, 5.74) is -0.460. The predicted molar refractivity (Wildman–Crippen MR) is 119 cm³/mol. The molecule has 0 saturated carbocycles. The summed E-state index contributed by atoms with van der Waals surface area (Å²) in [5.74, 6) is -10.6. The number of Topliss-reactive ketones (excluding diaryl/α,β-unsaturated/α-hetero) is 1. The second kappa shape index (κ2) is 12.2. The van der Waals surface area contributed by atoms with Gasteiger partial charge in [0.05, 0.1) is 17.6 Å². The molecule has 0 spiro atoms. The van der Waals surface area contributed by atoms with Gasteiger partial charge in [0.1, 0.15) is 18.5 Å². The number of alkyl halides is 6. The molecular weight excluding hydrogens is 561 g/mol. The second-order valence-electron chi connectivity index (χ2n) is 9.16. The number of amides is 4. The molecule has 1 aromatic carbocycles. The fourth-order valence-electron chi connectivity index (χ4n) is 4.36. The van der Waals surface area contributed by atoms with Gasteiger partial charge in [0.2, 0.25) is 11.8 Å². The van der Waals surface area contributed by atoms with Gasteiger partial charge in [-0.2, -0.15) is 13.2 Å². The summed E-state index contributed by atoms with van der Waals surface area (Å²) in [6, 6.07) is 0.828. The highest BCUT2D eigenvalue weighted by Crippen LogP contribution is 2.37. The van der Waals surface area contributed by atoms with Gasteiger partial charge in [-0.25, -0.2) is 4.39 Å². The number of hydrogen-bond donors (Lipinski definition) is 3. The number of hydrogen-bond acceptors (Lipinski definition) is 6. The number of ketones is 1. The molecule has 3 rings (SSSR count). The molecule has 0 bridgehead atoms. The van der Waals surface area contributed by atoms with E-state index in [1.807, 2.05) is 10.6 Å². The molecule has 0 aromatic heterocycles. The van der Waals surface area contributed by atoms with Crippen LogP contribution >= 0.6 is 0 Å². The van der Waals surface area contributed by atoms with Gasteiger partial charge in [0.25, 0.3) is 0 Å². The van der Waals surface area contributed by atoms with E-state index < -0.39 is 103 Å². The number of carbonyl (C=O) groups excluding carboxylic acids is 5. The lowest BCUT2D eigenvalue weighted by Crippen LogP contribution is -2.53. The second-order valence-corrected chi connectivity index (χ2v) is 9.16. The number of carbonyl (C=O) groups is 5. The van der Waals surface area contributed by atoms with Crippen molar-refractivity contribution in [2.24, 2.45) is 11.8 Å². The van der Waals surface area contributed by atoms with Crippen LogP contribution in [0.4, 0.5) is 36.4 Å². The van der Waals surface area contributed by atoms with Crippen molar-refractivity contribution < 1.29 is 59.4 Å². The SMILES string of the molecule is O=C(Nc1ccccc1F)C(=O)N1CC(C(F)(F)F)CC1C(=O)NC(CC1CCNC1=O)C(=O)COC(F)(F)F. The molecule has 2 saturated heterocycles. The van der Waals surface area contributed by atoms with E-state index >= 15 is 0 Å². The monoisotopic (exact) mass is 584 g/mol. The summed E-state index contributed by atoms with van der Waals surface area (Å²) in [7, 11) is 0. The summed E-state index contributed by atoms with van der Waals surface area (Å²) in [6.07, 6.45) is -11.5. The van der Waals surface area contributed by atoms with Gasteiger partial charge in [-0.15, -0.1) is 13.2 Å². The number of rotatable bonds is 8. The van der Waals surface area contributed by atoms with Crippen molar-refractivity contribution >= 4 is 35.1 Å². The first-order valence-corrected chi connectivity index (χ1v) is 11.8. The molecule has 4 amide bonds. The van der Waals surface area contributed by atoms with E-state index in [1.54, 1.807) is 0 Å². The van der Waals surface area contributed by atoms with Gasteiger partial charge < -0.3 is 20.9 Å². The molecule has 2 aliphatic heterocycles. The Balaban J connectivity index is 1.81. The lowest BCUT2D eigenvalue weighted by atomic mass is 9.95. The zero-order valence-corrected chi connectivity index (χ0v) is 20.4. The first kappa shape index (κ1) is 30.8. The average molecular weight is 584 g/mol. The highest BCUT2D eigenvalue weighted by atomic mass is 19.4. The number of benzene rings is 1. The molecule has 2 aliphatic rings. The summed E-state index contributed by atoms with van der Waals surface area (Å²) in [5, 5.41) is 6.37. The summed E-state index contributed by atoms with van der Waals surface area (Å²) < 4.78 is 95.3. The van der Waals surface area contributed by atoms with Crippen LogP contribution < -0.4 is 16.0 Å². The number of likely N-dealkylation sites (tertiary alicyclic amines) is 1. The molecule has 10 nitrogen and oxygen atoms in total. The number of anilines is 1. The van der Waals surface area contributed by atoms with Crippen molar-refractivity contribution in [3.8, 4) is 0 Å². The van der Waals surface area contributed by atoms with Gasteiger partial charge in [-0.1, -0.05) is 12.1 Å². The third-order valence-electron chi connectivity index (χ3n) is 6.41. The molecule has 220 valence electrons. The van der Waals surface area contributed by atoms with E-state index in [9.17, 15) is 54.7 Å². The lowest BCUT2D eigenvalue weighted by molar-refractivity contribution is -0.321. The van der Waals surface area contributed by atoms with Crippen LogP contribution in [0.15, 0.2) is 24.3 Å². The fraction of sp³-hybridized carbons (Fsp3) is 0.522. The standard InChI is InChI=1S/C23H23F7N4O6/c24-13-3-1-2-4-14(13)32-20(38)21(39)34-9-12(22(25,26)27)8-16(34)19(37)33-15(7-11-5-6-31-18(11)36)17(35)10-40-23(28,29)30/h1-4,11-12,15-16H,5-10H2,(H,31,36)(H,32,38)(H,33,37). The van der Waals surface area contributed by atoms with Crippen molar-refractivity contribution in [3.63, 3.8) is 0 Å². The zero-order valence-electron chi connectivity index (χ0n) is 20.4. The number of nitrogens with one attached hydrogen (secondary N) is 3. The average Bonchev–Trinajstić information content (AvgIpc) is 3.49. The zero-order chi connectivity index (χ0) is 29.8. The minimum absolute atomic E-state index is 0.166. The van der Waals surface area contributed by atoms with E-state index in [-0.39, 0.29) is 13.0 Å². The summed E-state index contributed by atoms with van der Waals surface area (Å²) in [4.78, 5) is 63.0. The van der Waals surface area contributed by atoms with Crippen LogP contribution in [0.5, 0.6) is 0 Å². The molecule has 0 radical (unpaired) electrons. The smallest absolute Gasteiger partial charge is 0.356 e. The van der Waals surface area contributed by atoms with E-state index in [4.69, 9.17) is 0 Å². The van der Waals surface area contributed by atoms with Crippen molar-refractivity contribution in [1.82, 2.24) is 15.5 Å². The lowest BCUT2D eigenvalue weighted by Gasteiger charge is -2.26. The van der Waals surface area contributed by atoms with Crippen LogP contribution in [0, 0.1) is 17.7 Å². The van der Waals surface area contributed by atoms with Crippen LogP contribution in [0.1, 0.15) is 19.3 Å². The Morgan fingerprint density at radius 2 is 1.77 bits per heavy atom. The molecular formula is C23H23F7N4O6. The van der Waals surface area contributed by atoms with E-state index in [1.165, 1.54) is 12.1 Å².